The molecule has 1 rings (SSSR count). The number of rotatable bonds is 2. The van der Waals surface area contributed by atoms with Crippen LogP contribution in [0.2, 0.25) is 0 Å². The van der Waals surface area contributed by atoms with E-state index in [1.54, 1.807) is 0 Å². The van der Waals surface area contributed by atoms with Crippen LogP contribution >= 0.6 is 7.82 Å². The van der Waals surface area contributed by atoms with Crippen molar-refractivity contribution in [3.63, 3.8) is 0 Å². The maximum absolute atomic E-state index is 10.4. The van der Waals surface area contributed by atoms with Crippen LogP contribution < -0.4 is 56.5 Å². The molecule has 0 aliphatic rings. The maximum atomic E-state index is 10.4. The number of hydrogen-bond acceptors (Lipinski definition) is 4. The third kappa shape index (κ3) is 9.89. The van der Waals surface area contributed by atoms with Crippen LogP contribution in [-0.2, 0) is 4.57 Å². The van der Waals surface area contributed by atoms with Gasteiger partial charge in [0.15, 0.2) is 0 Å². The van der Waals surface area contributed by atoms with Gasteiger partial charge < -0.3 is 29.7 Å². The SMILES string of the molecule is O=C([O-])c1ccccc1C(=O)O.O=P(O)(O)O.[K+]. The van der Waals surface area contributed by atoms with E-state index in [0.717, 1.165) is 0 Å². The second-order valence-corrected chi connectivity index (χ2v) is 3.68. The zero-order valence-corrected chi connectivity index (χ0v) is 13.2. The fraction of sp³-hybridized carbons (Fsp3) is 0. The summed E-state index contributed by atoms with van der Waals surface area (Å²) < 4.78 is 8.88. The quantitative estimate of drug-likeness (QED) is 0.317. The molecule has 0 fully saturated rings. The molecule has 0 unspecified atom stereocenters. The van der Waals surface area contributed by atoms with E-state index in [4.69, 9.17) is 24.4 Å². The Balaban J connectivity index is 0. The maximum Gasteiger partial charge on any atom is 1.00 e. The zero-order chi connectivity index (χ0) is 13.6. The molecule has 0 atom stereocenters. The molecular formula is C8H8KO8P. The molecule has 0 bridgehead atoms. The minimum absolute atomic E-state index is 0. The average molecular weight is 302 g/mol. The second kappa shape index (κ2) is 8.91. The van der Waals surface area contributed by atoms with Crippen molar-refractivity contribution in [2.45, 2.75) is 0 Å². The van der Waals surface area contributed by atoms with Crippen molar-refractivity contribution < 1.29 is 90.4 Å². The van der Waals surface area contributed by atoms with Crippen molar-refractivity contribution in [1.82, 2.24) is 0 Å². The molecule has 0 saturated heterocycles. The Hall–Kier alpha value is -0.0936. The standard InChI is InChI=1S/C8H6O4.K.H3O4P/c9-7(10)5-3-1-2-4-6(5)8(11)12;;1-5(2,3)4/h1-4H,(H,9,10)(H,11,12);;(H3,1,2,3,4)/q;+1;/p-1. The minimum Gasteiger partial charge on any atom is -0.545 e. The van der Waals surface area contributed by atoms with E-state index in [1.165, 1.54) is 24.3 Å². The Bertz CT molecular complexity index is 427. The van der Waals surface area contributed by atoms with Gasteiger partial charge >= 0.3 is 65.2 Å². The summed E-state index contributed by atoms with van der Waals surface area (Å²) in [7, 11) is -4.64. The third-order valence-corrected chi connectivity index (χ3v) is 1.38. The van der Waals surface area contributed by atoms with Gasteiger partial charge in [-0.15, -0.1) is 0 Å². The molecule has 0 radical (unpaired) electrons. The fourth-order valence-electron chi connectivity index (χ4n) is 0.848. The fourth-order valence-corrected chi connectivity index (χ4v) is 0.848. The first-order chi connectivity index (χ1) is 7.63. The van der Waals surface area contributed by atoms with Crippen molar-refractivity contribution in [2.75, 3.05) is 0 Å². The first-order valence-electron chi connectivity index (χ1n) is 3.95. The van der Waals surface area contributed by atoms with Gasteiger partial charge in [-0.1, -0.05) is 18.2 Å². The topological polar surface area (TPSA) is 155 Å². The molecule has 10 heteroatoms. The van der Waals surface area contributed by atoms with Gasteiger partial charge in [-0.05, 0) is 6.07 Å². The van der Waals surface area contributed by atoms with Crippen molar-refractivity contribution in [3.8, 4) is 0 Å². The number of carbonyl (C=O) groups is 2. The first-order valence-corrected chi connectivity index (χ1v) is 5.51. The van der Waals surface area contributed by atoms with Gasteiger partial charge in [0.25, 0.3) is 0 Å². The van der Waals surface area contributed by atoms with Gasteiger partial charge in [0, 0.05) is 5.56 Å². The molecule has 0 aromatic heterocycles. The summed E-state index contributed by atoms with van der Waals surface area (Å²) in [5.41, 5.74) is -0.553. The van der Waals surface area contributed by atoms with Crippen molar-refractivity contribution in [2.24, 2.45) is 0 Å². The smallest absolute Gasteiger partial charge is 0.545 e. The number of benzene rings is 1. The molecule has 4 N–H and O–H groups in total. The summed E-state index contributed by atoms with van der Waals surface area (Å²) in [6.45, 7) is 0. The molecule has 0 heterocycles. The van der Waals surface area contributed by atoms with Crippen LogP contribution in [0, 0.1) is 0 Å². The van der Waals surface area contributed by atoms with E-state index in [1.807, 2.05) is 0 Å². The molecule has 1 aromatic rings. The Labute approximate surface area is 144 Å². The summed E-state index contributed by atoms with van der Waals surface area (Å²) in [6, 6.07) is 5.31. The number of aromatic carboxylic acids is 2. The van der Waals surface area contributed by atoms with Gasteiger partial charge in [0.2, 0.25) is 0 Å². The zero-order valence-electron chi connectivity index (χ0n) is 9.18. The van der Waals surface area contributed by atoms with E-state index in [9.17, 15) is 14.7 Å². The van der Waals surface area contributed by atoms with Crippen molar-refractivity contribution in [1.29, 1.82) is 0 Å². The largest absolute Gasteiger partial charge is 1.00 e. The number of phosphoric acid groups is 1. The van der Waals surface area contributed by atoms with Crippen LogP contribution in [-0.4, -0.2) is 31.7 Å². The number of carbonyl (C=O) groups excluding carboxylic acids is 1. The molecule has 0 saturated carbocycles. The van der Waals surface area contributed by atoms with E-state index in [0.29, 0.717) is 0 Å². The summed E-state index contributed by atoms with van der Waals surface area (Å²) in [6.07, 6.45) is 0. The Morgan fingerprint density at radius 3 is 1.61 bits per heavy atom. The van der Waals surface area contributed by atoms with Crippen molar-refractivity contribution in [3.05, 3.63) is 35.4 Å². The van der Waals surface area contributed by atoms with Crippen LogP contribution in [0.5, 0.6) is 0 Å². The second-order valence-electron chi connectivity index (χ2n) is 2.65. The summed E-state index contributed by atoms with van der Waals surface area (Å²) >= 11 is 0. The van der Waals surface area contributed by atoms with E-state index >= 15 is 0 Å². The van der Waals surface area contributed by atoms with Crippen LogP contribution in [0.1, 0.15) is 20.7 Å². The molecular weight excluding hydrogens is 294 g/mol. The molecule has 0 amide bonds. The Kier molecular flexibility index (Phi) is 10.0. The Morgan fingerprint density at radius 2 is 1.39 bits per heavy atom. The minimum atomic E-state index is -4.64. The molecule has 0 spiro atoms. The van der Waals surface area contributed by atoms with Gasteiger partial charge in [-0.3, -0.25) is 0 Å². The van der Waals surface area contributed by atoms with Crippen LogP contribution in [0.3, 0.4) is 0 Å². The molecule has 8 nitrogen and oxygen atoms in total. The van der Waals surface area contributed by atoms with Crippen molar-refractivity contribution >= 4 is 19.8 Å². The summed E-state index contributed by atoms with van der Waals surface area (Å²) in [5.74, 6) is -2.75. The van der Waals surface area contributed by atoms with E-state index in [2.05, 4.69) is 0 Å². The van der Waals surface area contributed by atoms with Gasteiger partial charge in [0.05, 0.1) is 11.5 Å². The number of hydrogen-bond donors (Lipinski definition) is 4. The average Bonchev–Trinajstić information content (AvgIpc) is 2.15. The van der Waals surface area contributed by atoms with Gasteiger partial charge in [-0.25, -0.2) is 9.36 Å². The predicted octanol–water partition coefficient (Wildman–Crippen LogP) is -4.18. The van der Waals surface area contributed by atoms with Gasteiger partial charge in [-0.2, -0.15) is 0 Å². The normalized spacial score (nSPS) is 9.50. The number of carboxylic acid groups (broad SMARTS) is 2. The Morgan fingerprint density at radius 1 is 1.06 bits per heavy atom. The van der Waals surface area contributed by atoms with Crippen LogP contribution in [0.25, 0.3) is 0 Å². The molecule has 0 aliphatic heterocycles. The van der Waals surface area contributed by atoms with Crippen LogP contribution in [0.15, 0.2) is 24.3 Å². The molecule has 18 heavy (non-hydrogen) atoms. The first kappa shape index (κ1) is 20.2. The monoisotopic (exact) mass is 302 g/mol. The summed E-state index contributed by atoms with van der Waals surface area (Å²) in [4.78, 5) is 42.3. The molecule has 1 aromatic carbocycles. The van der Waals surface area contributed by atoms with E-state index < -0.39 is 19.8 Å². The third-order valence-electron chi connectivity index (χ3n) is 1.38. The number of carboxylic acids is 2. The summed E-state index contributed by atoms with van der Waals surface area (Å²) in [5, 5.41) is 18.9. The van der Waals surface area contributed by atoms with E-state index in [-0.39, 0.29) is 62.5 Å². The molecule has 0 aliphatic carbocycles. The molecule has 94 valence electrons. The van der Waals surface area contributed by atoms with Crippen LogP contribution in [0.4, 0.5) is 0 Å². The predicted molar refractivity (Wildman–Crippen MR) is 52.0 cm³/mol. The van der Waals surface area contributed by atoms with Gasteiger partial charge in [0.1, 0.15) is 0 Å².